The van der Waals surface area contributed by atoms with Gasteiger partial charge >= 0.3 is 6.03 Å². The minimum Gasteiger partial charge on any atom is -0.488 e. The van der Waals surface area contributed by atoms with Gasteiger partial charge in [-0.2, -0.15) is 0 Å². The summed E-state index contributed by atoms with van der Waals surface area (Å²) in [4.78, 5) is 39.6. The summed E-state index contributed by atoms with van der Waals surface area (Å²) in [7, 11) is 0. The van der Waals surface area contributed by atoms with Crippen molar-refractivity contribution in [2.45, 2.75) is 13.5 Å². The molecule has 1 aliphatic heterocycles. The number of amides is 4. The number of rotatable bonds is 5. The number of benzene rings is 5. The molecule has 5 aromatic rings. The first-order valence-corrected chi connectivity index (χ1v) is 12.7. The summed E-state index contributed by atoms with van der Waals surface area (Å²) in [6.45, 7) is 2.27. The number of nitrogens with zero attached hydrogens (tertiary/aromatic N) is 1. The van der Waals surface area contributed by atoms with Crippen molar-refractivity contribution >= 4 is 51.2 Å². The Labute approximate surface area is 229 Å². The predicted molar refractivity (Wildman–Crippen MR) is 152 cm³/mol. The van der Waals surface area contributed by atoms with Gasteiger partial charge in [-0.3, -0.25) is 14.9 Å². The fraction of sp³-hybridized carbons (Fsp3) is 0.0606. The lowest BCUT2D eigenvalue weighted by Gasteiger charge is -2.26. The van der Waals surface area contributed by atoms with Crippen LogP contribution >= 0.6 is 0 Å². The second-order valence-electron chi connectivity index (χ2n) is 9.48. The van der Waals surface area contributed by atoms with E-state index >= 15 is 0 Å². The molecule has 0 aromatic heterocycles. The molecule has 0 bridgehead atoms. The van der Waals surface area contributed by atoms with Crippen molar-refractivity contribution in [1.29, 1.82) is 0 Å². The smallest absolute Gasteiger partial charge is 0.336 e. The predicted octanol–water partition coefficient (Wildman–Crippen LogP) is 6.69. The molecule has 1 saturated heterocycles. The van der Waals surface area contributed by atoms with E-state index in [0.717, 1.165) is 38.7 Å². The second kappa shape index (κ2) is 10.1. The molecule has 6 rings (SSSR count). The number of barbiturate groups is 1. The van der Waals surface area contributed by atoms with E-state index in [0.29, 0.717) is 16.2 Å². The molecule has 0 unspecified atom stereocenters. The van der Waals surface area contributed by atoms with Gasteiger partial charge in [0, 0.05) is 11.1 Å². The van der Waals surface area contributed by atoms with Crippen LogP contribution in [0.1, 0.15) is 16.7 Å². The molecule has 0 atom stereocenters. The van der Waals surface area contributed by atoms with Gasteiger partial charge in [-0.05, 0) is 58.3 Å². The standard InChI is InChI=1S/C33H23FN2O4/c1-20-14-15-21-8-3-5-11-24(21)27(20)19-40-30-17-16-22-9-2-4-10-23(22)25(30)18-26-31(37)35-33(39)36(32(26)38)29-13-7-6-12-28(29)34/h2-18H,19H2,1H3,(H,35,37,39)/b26-18-. The van der Waals surface area contributed by atoms with E-state index in [4.69, 9.17) is 4.74 Å². The van der Waals surface area contributed by atoms with Crippen LogP contribution in [0, 0.1) is 12.7 Å². The number of hydrogen-bond acceptors (Lipinski definition) is 4. The second-order valence-corrected chi connectivity index (χ2v) is 9.48. The zero-order chi connectivity index (χ0) is 27.8. The van der Waals surface area contributed by atoms with Crippen LogP contribution in [-0.2, 0) is 16.2 Å². The molecule has 1 heterocycles. The van der Waals surface area contributed by atoms with Crippen LogP contribution in [0.15, 0.2) is 103 Å². The third-order valence-electron chi connectivity index (χ3n) is 7.06. The van der Waals surface area contributed by atoms with Gasteiger partial charge in [-0.1, -0.05) is 78.9 Å². The maximum Gasteiger partial charge on any atom is 0.336 e. The number of fused-ring (bicyclic) bond motifs is 2. The summed E-state index contributed by atoms with van der Waals surface area (Å²) in [5.74, 6) is -2.11. The van der Waals surface area contributed by atoms with Gasteiger partial charge in [0.1, 0.15) is 23.7 Å². The molecule has 7 heteroatoms. The highest BCUT2D eigenvalue weighted by Crippen LogP contribution is 2.33. The SMILES string of the molecule is Cc1ccc2ccccc2c1COc1ccc2ccccc2c1/C=C1/C(=O)NC(=O)N(c2ccccc2F)C1=O. The first kappa shape index (κ1) is 25.0. The number of para-hydroxylation sites is 1. The summed E-state index contributed by atoms with van der Waals surface area (Å²) in [5, 5.41) is 5.94. The third kappa shape index (κ3) is 4.37. The minimum atomic E-state index is -1.02. The Balaban J connectivity index is 1.45. The zero-order valence-electron chi connectivity index (χ0n) is 21.5. The van der Waals surface area contributed by atoms with E-state index in [-0.39, 0.29) is 17.9 Å². The molecule has 0 spiro atoms. The number of aryl methyl sites for hydroxylation is 1. The molecule has 0 saturated carbocycles. The van der Waals surface area contributed by atoms with Gasteiger partial charge in [0.25, 0.3) is 11.8 Å². The van der Waals surface area contributed by atoms with E-state index in [2.05, 4.69) is 11.4 Å². The Bertz CT molecular complexity index is 1880. The molecular weight excluding hydrogens is 507 g/mol. The fourth-order valence-electron chi connectivity index (χ4n) is 4.99. The Morgan fingerprint density at radius 2 is 1.45 bits per heavy atom. The minimum absolute atomic E-state index is 0.246. The third-order valence-corrected chi connectivity index (χ3v) is 7.06. The number of ether oxygens (including phenoxy) is 1. The highest BCUT2D eigenvalue weighted by atomic mass is 19.1. The zero-order valence-corrected chi connectivity index (χ0v) is 21.5. The van der Waals surface area contributed by atoms with Crippen molar-refractivity contribution in [1.82, 2.24) is 5.32 Å². The highest BCUT2D eigenvalue weighted by molar-refractivity contribution is 6.39. The van der Waals surface area contributed by atoms with Crippen molar-refractivity contribution in [3.05, 3.63) is 125 Å². The largest absolute Gasteiger partial charge is 0.488 e. The van der Waals surface area contributed by atoms with Gasteiger partial charge in [0.2, 0.25) is 0 Å². The maximum atomic E-state index is 14.6. The highest BCUT2D eigenvalue weighted by Gasteiger charge is 2.38. The maximum absolute atomic E-state index is 14.6. The number of carbonyl (C=O) groups is 3. The summed E-state index contributed by atoms with van der Waals surface area (Å²) in [6.07, 6.45) is 1.41. The van der Waals surface area contributed by atoms with Gasteiger partial charge in [0.15, 0.2) is 0 Å². The number of anilines is 1. The van der Waals surface area contributed by atoms with Crippen molar-refractivity contribution in [3.8, 4) is 5.75 Å². The van der Waals surface area contributed by atoms with Crippen molar-refractivity contribution in [3.63, 3.8) is 0 Å². The lowest BCUT2D eigenvalue weighted by atomic mass is 9.99. The summed E-state index contributed by atoms with van der Waals surface area (Å²) in [5.41, 5.74) is 2.03. The van der Waals surface area contributed by atoms with E-state index in [1.807, 2.05) is 67.6 Å². The topological polar surface area (TPSA) is 75.7 Å². The number of halogens is 1. The molecule has 40 heavy (non-hydrogen) atoms. The molecule has 196 valence electrons. The van der Waals surface area contributed by atoms with Crippen molar-refractivity contribution < 1.29 is 23.5 Å². The Morgan fingerprint density at radius 3 is 2.23 bits per heavy atom. The van der Waals surface area contributed by atoms with E-state index in [1.165, 1.54) is 24.3 Å². The Morgan fingerprint density at radius 1 is 0.800 bits per heavy atom. The van der Waals surface area contributed by atoms with Gasteiger partial charge in [-0.25, -0.2) is 14.1 Å². The molecule has 1 aliphatic rings. The van der Waals surface area contributed by atoms with Crippen LogP contribution in [-0.4, -0.2) is 17.8 Å². The van der Waals surface area contributed by atoms with Crippen LogP contribution in [0.5, 0.6) is 5.75 Å². The number of urea groups is 1. The lowest BCUT2D eigenvalue weighted by Crippen LogP contribution is -2.54. The Kier molecular flexibility index (Phi) is 6.32. The lowest BCUT2D eigenvalue weighted by molar-refractivity contribution is -0.122. The summed E-state index contributed by atoms with van der Waals surface area (Å²) in [6, 6.07) is 27.7. The summed E-state index contributed by atoms with van der Waals surface area (Å²) < 4.78 is 20.9. The molecule has 4 amide bonds. The normalized spacial score (nSPS) is 14.7. The van der Waals surface area contributed by atoms with Crippen LogP contribution < -0.4 is 15.0 Å². The van der Waals surface area contributed by atoms with Crippen molar-refractivity contribution in [2.24, 2.45) is 0 Å². The molecule has 5 aromatic carbocycles. The average molecular weight is 531 g/mol. The van der Waals surface area contributed by atoms with Gasteiger partial charge in [0.05, 0.1) is 5.69 Å². The number of nitrogens with one attached hydrogen (secondary N) is 1. The van der Waals surface area contributed by atoms with Crippen LogP contribution in [0.2, 0.25) is 0 Å². The molecular formula is C33H23FN2O4. The molecule has 1 N–H and O–H groups in total. The quantitative estimate of drug-likeness (QED) is 0.203. The monoisotopic (exact) mass is 530 g/mol. The summed E-state index contributed by atoms with van der Waals surface area (Å²) >= 11 is 0. The fourth-order valence-corrected chi connectivity index (χ4v) is 4.99. The number of hydrogen-bond donors (Lipinski definition) is 1. The molecule has 0 radical (unpaired) electrons. The van der Waals surface area contributed by atoms with E-state index in [1.54, 1.807) is 6.07 Å². The number of imide groups is 2. The van der Waals surface area contributed by atoms with E-state index in [9.17, 15) is 18.8 Å². The van der Waals surface area contributed by atoms with Crippen LogP contribution in [0.4, 0.5) is 14.9 Å². The molecule has 1 fully saturated rings. The Hall–Kier alpha value is -5.30. The van der Waals surface area contributed by atoms with Crippen LogP contribution in [0.3, 0.4) is 0 Å². The van der Waals surface area contributed by atoms with Crippen molar-refractivity contribution in [2.75, 3.05) is 4.90 Å². The number of carbonyl (C=O) groups excluding carboxylic acids is 3. The first-order valence-electron chi connectivity index (χ1n) is 12.7. The van der Waals surface area contributed by atoms with Gasteiger partial charge < -0.3 is 4.74 Å². The van der Waals surface area contributed by atoms with Crippen LogP contribution in [0.25, 0.3) is 27.6 Å². The average Bonchev–Trinajstić information content (AvgIpc) is 2.96. The first-order chi connectivity index (χ1) is 19.4. The van der Waals surface area contributed by atoms with Gasteiger partial charge in [-0.15, -0.1) is 0 Å². The molecule has 6 nitrogen and oxygen atoms in total. The van der Waals surface area contributed by atoms with E-state index < -0.39 is 23.7 Å². The molecule has 0 aliphatic carbocycles.